The monoisotopic (exact) mass is 292 g/mol. The van der Waals surface area contributed by atoms with Gasteiger partial charge in [-0.1, -0.05) is 6.08 Å². The van der Waals surface area contributed by atoms with E-state index in [-0.39, 0.29) is 12.3 Å². The molecule has 21 heavy (non-hydrogen) atoms. The number of nitrogens with zero attached hydrogens (tertiary/aromatic N) is 2. The van der Waals surface area contributed by atoms with Crippen LogP contribution in [0.3, 0.4) is 0 Å². The van der Waals surface area contributed by atoms with Gasteiger partial charge in [0.05, 0.1) is 12.6 Å². The number of hydrogen-bond donors (Lipinski definition) is 1. The summed E-state index contributed by atoms with van der Waals surface area (Å²) in [5.41, 5.74) is 1.03. The van der Waals surface area contributed by atoms with Gasteiger partial charge in [-0.2, -0.15) is 0 Å². The Morgan fingerprint density at radius 1 is 1.29 bits per heavy atom. The lowest BCUT2D eigenvalue weighted by atomic mass is 10.00. The molecule has 2 fully saturated rings. The van der Waals surface area contributed by atoms with Crippen molar-refractivity contribution in [1.29, 1.82) is 0 Å². The summed E-state index contributed by atoms with van der Waals surface area (Å²) in [6.07, 6.45) is 12.5. The molecule has 0 aromatic heterocycles. The van der Waals surface area contributed by atoms with Gasteiger partial charge in [0.1, 0.15) is 5.72 Å². The minimum absolute atomic E-state index is 0.233. The van der Waals surface area contributed by atoms with Crippen LogP contribution in [0.2, 0.25) is 0 Å². The average molecular weight is 292 g/mol. The lowest BCUT2D eigenvalue weighted by Crippen LogP contribution is -2.49. The van der Waals surface area contributed by atoms with E-state index in [4.69, 9.17) is 4.74 Å². The van der Waals surface area contributed by atoms with Crippen molar-refractivity contribution < 1.29 is 9.84 Å². The molecule has 4 heteroatoms. The van der Waals surface area contributed by atoms with E-state index in [9.17, 15) is 5.11 Å². The van der Waals surface area contributed by atoms with Crippen molar-refractivity contribution in [3.05, 3.63) is 23.9 Å². The van der Waals surface area contributed by atoms with Gasteiger partial charge in [-0.25, -0.2) is 0 Å². The molecule has 1 unspecified atom stereocenters. The fourth-order valence-electron chi connectivity index (χ4n) is 3.96. The van der Waals surface area contributed by atoms with E-state index in [0.717, 1.165) is 39.1 Å². The van der Waals surface area contributed by atoms with Gasteiger partial charge in [-0.3, -0.25) is 4.90 Å². The van der Waals surface area contributed by atoms with Gasteiger partial charge in [0.15, 0.2) is 0 Å². The van der Waals surface area contributed by atoms with Crippen molar-refractivity contribution in [1.82, 2.24) is 9.80 Å². The molecular weight excluding hydrogens is 264 g/mol. The summed E-state index contributed by atoms with van der Waals surface area (Å²) >= 11 is 0. The van der Waals surface area contributed by atoms with Gasteiger partial charge in [-0.15, -0.1) is 0 Å². The Hall–Kier alpha value is -0.840. The molecule has 0 aromatic carbocycles. The molecular formula is C17H28N2O2. The zero-order chi connectivity index (χ0) is 14.7. The first kappa shape index (κ1) is 15.1. The molecule has 2 atom stereocenters. The highest BCUT2D eigenvalue weighted by Gasteiger charge is 2.38. The Labute approximate surface area is 128 Å². The fraction of sp³-hybridized carbons (Fsp3) is 0.765. The highest BCUT2D eigenvalue weighted by atomic mass is 16.5. The van der Waals surface area contributed by atoms with Gasteiger partial charge in [0.25, 0.3) is 0 Å². The smallest absolute Gasteiger partial charge is 0.144 e. The van der Waals surface area contributed by atoms with Gasteiger partial charge in [0, 0.05) is 38.4 Å². The Bertz CT molecular complexity index is 415. The van der Waals surface area contributed by atoms with Crippen molar-refractivity contribution in [2.24, 2.45) is 0 Å². The number of aliphatic hydroxyl groups is 1. The third kappa shape index (κ3) is 2.89. The maximum Gasteiger partial charge on any atom is 0.144 e. The average Bonchev–Trinajstić information content (AvgIpc) is 3.20. The highest BCUT2D eigenvalue weighted by Crippen LogP contribution is 2.34. The molecule has 0 amide bonds. The van der Waals surface area contributed by atoms with Gasteiger partial charge in [0.2, 0.25) is 0 Å². The molecule has 0 spiro atoms. The Balaban J connectivity index is 1.73. The minimum Gasteiger partial charge on any atom is -0.394 e. The van der Waals surface area contributed by atoms with E-state index in [1.165, 1.54) is 25.0 Å². The van der Waals surface area contributed by atoms with E-state index in [1.54, 1.807) is 0 Å². The summed E-state index contributed by atoms with van der Waals surface area (Å²) in [7, 11) is 0. The highest BCUT2D eigenvalue weighted by molar-refractivity contribution is 5.28. The molecule has 2 aliphatic heterocycles. The summed E-state index contributed by atoms with van der Waals surface area (Å²) < 4.78 is 6.15. The number of allylic oxidation sites excluding steroid dienone is 1. The molecule has 1 N–H and O–H groups in total. The first-order valence-corrected chi connectivity index (χ1v) is 8.45. The van der Waals surface area contributed by atoms with Crippen molar-refractivity contribution in [3.63, 3.8) is 0 Å². The van der Waals surface area contributed by atoms with Crippen LogP contribution in [0, 0.1) is 0 Å². The predicted molar refractivity (Wildman–Crippen MR) is 83.8 cm³/mol. The maximum atomic E-state index is 9.50. The van der Waals surface area contributed by atoms with Crippen LogP contribution in [0.4, 0.5) is 0 Å². The SMILES string of the molecule is CCOC1(N2CCCC2)C=CC(N2CCC[C@@H]2CO)=CC1. The number of rotatable bonds is 5. The molecule has 4 nitrogen and oxygen atoms in total. The summed E-state index contributed by atoms with van der Waals surface area (Å²) in [6.45, 7) is 6.41. The summed E-state index contributed by atoms with van der Waals surface area (Å²) in [6, 6.07) is 0.298. The molecule has 0 bridgehead atoms. The Morgan fingerprint density at radius 3 is 2.71 bits per heavy atom. The normalized spacial score (nSPS) is 33.7. The van der Waals surface area contributed by atoms with E-state index in [1.807, 2.05) is 0 Å². The van der Waals surface area contributed by atoms with E-state index >= 15 is 0 Å². The number of ether oxygens (including phenoxy) is 1. The first-order valence-electron chi connectivity index (χ1n) is 8.45. The van der Waals surface area contributed by atoms with E-state index < -0.39 is 0 Å². The second-order valence-corrected chi connectivity index (χ2v) is 6.31. The van der Waals surface area contributed by atoms with Crippen LogP contribution in [0.25, 0.3) is 0 Å². The topological polar surface area (TPSA) is 35.9 Å². The third-order valence-electron chi connectivity index (χ3n) is 5.07. The maximum absolute atomic E-state index is 9.50. The lowest BCUT2D eigenvalue weighted by molar-refractivity contribution is -0.108. The molecule has 118 valence electrons. The van der Waals surface area contributed by atoms with Gasteiger partial charge in [-0.05, 0) is 44.8 Å². The molecule has 2 saturated heterocycles. The van der Waals surface area contributed by atoms with Crippen LogP contribution >= 0.6 is 0 Å². The van der Waals surface area contributed by atoms with Crippen molar-refractivity contribution in [2.45, 2.75) is 50.8 Å². The fourth-order valence-corrected chi connectivity index (χ4v) is 3.96. The van der Waals surface area contributed by atoms with Crippen LogP contribution < -0.4 is 0 Å². The van der Waals surface area contributed by atoms with Gasteiger partial charge >= 0.3 is 0 Å². The summed E-state index contributed by atoms with van der Waals surface area (Å²) in [4.78, 5) is 4.84. The standard InChI is InChI=1S/C17H28N2O2/c1-2-21-17(18-11-3-4-12-18)9-7-15(8-10-17)19-13-5-6-16(19)14-20/h7-9,16,20H,2-6,10-14H2,1H3/t16-,17?/m1/s1. The Morgan fingerprint density at radius 2 is 2.10 bits per heavy atom. The second kappa shape index (κ2) is 6.51. The van der Waals surface area contributed by atoms with Crippen molar-refractivity contribution in [2.75, 3.05) is 32.8 Å². The Kier molecular flexibility index (Phi) is 4.67. The van der Waals surface area contributed by atoms with Crippen LogP contribution in [-0.4, -0.2) is 59.5 Å². The molecule has 1 aliphatic carbocycles. The minimum atomic E-state index is -0.233. The summed E-state index contributed by atoms with van der Waals surface area (Å²) in [5.74, 6) is 0. The molecule has 2 heterocycles. The number of aliphatic hydroxyl groups excluding tert-OH is 1. The van der Waals surface area contributed by atoms with E-state index in [0.29, 0.717) is 6.04 Å². The first-order chi connectivity index (χ1) is 10.3. The molecule has 3 rings (SSSR count). The van der Waals surface area contributed by atoms with Crippen LogP contribution in [-0.2, 0) is 4.74 Å². The van der Waals surface area contributed by atoms with Crippen LogP contribution in [0.5, 0.6) is 0 Å². The molecule has 0 saturated carbocycles. The number of likely N-dealkylation sites (tertiary alicyclic amines) is 2. The van der Waals surface area contributed by atoms with Crippen molar-refractivity contribution in [3.8, 4) is 0 Å². The van der Waals surface area contributed by atoms with Crippen molar-refractivity contribution >= 4 is 0 Å². The number of hydrogen-bond acceptors (Lipinski definition) is 4. The second-order valence-electron chi connectivity index (χ2n) is 6.31. The molecule has 0 radical (unpaired) electrons. The van der Waals surface area contributed by atoms with Crippen LogP contribution in [0.1, 0.15) is 39.0 Å². The predicted octanol–water partition coefficient (Wildman–Crippen LogP) is 2.12. The third-order valence-corrected chi connectivity index (χ3v) is 5.07. The molecule has 3 aliphatic rings. The lowest BCUT2D eigenvalue weighted by Gasteiger charge is -2.41. The largest absolute Gasteiger partial charge is 0.394 e. The van der Waals surface area contributed by atoms with Crippen LogP contribution in [0.15, 0.2) is 23.9 Å². The quantitative estimate of drug-likeness (QED) is 0.842. The molecule has 0 aromatic rings. The summed E-state index contributed by atoms with van der Waals surface area (Å²) in [5, 5.41) is 9.50. The van der Waals surface area contributed by atoms with E-state index in [2.05, 4.69) is 35.0 Å². The zero-order valence-electron chi connectivity index (χ0n) is 13.1. The zero-order valence-corrected chi connectivity index (χ0v) is 13.1. The van der Waals surface area contributed by atoms with Gasteiger partial charge < -0.3 is 14.7 Å².